The highest BCUT2D eigenvalue weighted by atomic mass is 16.5. The molecule has 3 aromatic carbocycles. The molecule has 0 heterocycles. The number of fused-ring (bicyclic) bond motifs is 1. The van der Waals surface area contributed by atoms with Crippen LogP contribution in [0.2, 0.25) is 0 Å². The molecule has 3 rings (SSSR count). The number of benzene rings is 3. The topological polar surface area (TPSA) is 58.6 Å². The lowest BCUT2D eigenvalue weighted by Crippen LogP contribution is -2.25. The molecule has 2 N–H and O–H groups in total. The highest BCUT2D eigenvalue weighted by molar-refractivity contribution is 6.03. The van der Waals surface area contributed by atoms with Crippen molar-refractivity contribution in [1.82, 2.24) is 5.32 Å². The number of amides is 1. The highest BCUT2D eigenvalue weighted by Gasteiger charge is 2.13. The summed E-state index contributed by atoms with van der Waals surface area (Å²) in [6, 6.07) is 17.7. The van der Waals surface area contributed by atoms with Gasteiger partial charge in [-0.3, -0.25) is 4.79 Å². The molecule has 4 nitrogen and oxygen atoms in total. The van der Waals surface area contributed by atoms with Gasteiger partial charge in [0, 0.05) is 11.9 Å². The van der Waals surface area contributed by atoms with E-state index in [-0.39, 0.29) is 11.7 Å². The van der Waals surface area contributed by atoms with Crippen molar-refractivity contribution in [3.05, 3.63) is 71.3 Å². The average Bonchev–Trinajstić information content (AvgIpc) is 2.85. The number of carbonyl (C=O) groups excluding carboxylic acids is 1. The molecular weight excluding hydrogens is 422 g/mol. The van der Waals surface area contributed by atoms with Gasteiger partial charge in [-0.15, -0.1) is 0 Å². The van der Waals surface area contributed by atoms with Crippen molar-refractivity contribution in [2.24, 2.45) is 0 Å². The van der Waals surface area contributed by atoms with Gasteiger partial charge in [0.1, 0.15) is 11.5 Å². The van der Waals surface area contributed by atoms with Crippen LogP contribution in [-0.4, -0.2) is 24.2 Å². The molecule has 0 atom stereocenters. The first kappa shape index (κ1) is 25.6. The third-order valence-corrected chi connectivity index (χ3v) is 6.25. The van der Waals surface area contributed by atoms with Gasteiger partial charge in [-0.2, -0.15) is 0 Å². The molecule has 0 spiro atoms. The number of phenolic OH excluding ortho intramolecular Hbond substituents is 1. The van der Waals surface area contributed by atoms with E-state index in [2.05, 4.69) is 37.4 Å². The standard InChI is InChI=1S/C30H39NO3/c1-3-5-7-12-23-16-19-28(25(22-23)14-8-6-4-2)34-21-11-20-31-30(33)27-18-17-24-13-9-10-15-26(24)29(27)32/h9-10,13,15-19,22,32H,3-8,11-12,14,20-21H2,1-2H3,(H,31,33). The number of unbranched alkanes of at least 4 members (excludes halogenated alkanes) is 4. The Kier molecular flexibility index (Phi) is 10.3. The zero-order chi connectivity index (χ0) is 24.2. The molecule has 3 aromatic rings. The van der Waals surface area contributed by atoms with E-state index in [0.29, 0.717) is 30.5 Å². The third-order valence-electron chi connectivity index (χ3n) is 6.25. The van der Waals surface area contributed by atoms with Gasteiger partial charge in [0.25, 0.3) is 5.91 Å². The Labute approximate surface area is 204 Å². The number of hydrogen-bond donors (Lipinski definition) is 2. The molecule has 0 unspecified atom stereocenters. The van der Waals surface area contributed by atoms with Crippen LogP contribution in [0.5, 0.6) is 11.5 Å². The lowest BCUT2D eigenvalue weighted by molar-refractivity contribution is 0.0949. The maximum absolute atomic E-state index is 12.6. The summed E-state index contributed by atoms with van der Waals surface area (Å²) in [5, 5.41) is 15.0. The van der Waals surface area contributed by atoms with Crippen molar-refractivity contribution in [3.63, 3.8) is 0 Å². The van der Waals surface area contributed by atoms with Gasteiger partial charge in [-0.25, -0.2) is 0 Å². The molecule has 0 saturated carbocycles. The van der Waals surface area contributed by atoms with Crippen molar-refractivity contribution in [2.45, 2.75) is 71.6 Å². The molecule has 0 saturated heterocycles. The van der Waals surface area contributed by atoms with Crippen LogP contribution in [0.3, 0.4) is 0 Å². The van der Waals surface area contributed by atoms with Crippen LogP contribution >= 0.6 is 0 Å². The molecule has 0 fully saturated rings. The van der Waals surface area contributed by atoms with E-state index in [9.17, 15) is 9.90 Å². The zero-order valence-electron chi connectivity index (χ0n) is 20.7. The molecule has 0 bridgehead atoms. The zero-order valence-corrected chi connectivity index (χ0v) is 20.7. The van der Waals surface area contributed by atoms with Gasteiger partial charge in [0.05, 0.1) is 12.2 Å². The minimum Gasteiger partial charge on any atom is -0.506 e. The van der Waals surface area contributed by atoms with Gasteiger partial charge >= 0.3 is 0 Å². The van der Waals surface area contributed by atoms with Crippen LogP contribution in [0.4, 0.5) is 0 Å². The Balaban J connectivity index is 1.51. The molecule has 0 radical (unpaired) electrons. The Bertz CT molecular complexity index is 1060. The summed E-state index contributed by atoms with van der Waals surface area (Å²) < 4.78 is 6.12. The van der Waals surface area contributed by atoms with Crippen LogP contribution in [0.1, 0.15) is 80.3 Å². The Morgan fingerprint density at radius 2 is 1.65 bits per heavy atom. The number of hydrogen-bond acceptors (Lipinski definition) is 3. The Morgan fingerprint density at radius 3 is 2.44 bits per heavy atom. The summed E-state index contributed by atoms with van der Waals surface area (Å²) in [6.45, 7) is 5.50. The normalized spacial score (nSPS) is 11.0. The molecule has 0 aliphatic carbocycles. The number of aromatic hydroxyl groups is 1. The molecular formula is C30H39NO3. The van der Waals surface area contributed by atoms with Gasteiger partial charge in [0.2, 0.25) is 0 Å². The number of carbonyl (C=O) groups is 1. The van der Waals surface area contributed by atoms with E-state index in [4.69, 9.17) is 4.74 Å². The fourth-order valence-corrected chi connectivity index (χ4v) is 4.26. The van der Waals surface area contributed by atoms with Crippen molar-refractivity contribution >= 4 is 16.7 Å². The van der Waals surface area contributed by atoms with Gasteiger partial charge < -0.3 is 15.2 Å². The maximum Gasteiger partial charge on any atom is 0.255 e. The third kappa shape index (κ3) is 7.24. The largest absolute Gasteiger partial charge is 0.506 e. The van der Waals surface area contributed by atoms with Crippen molar-refractivity contribution in [1.29, 1.82) is 0 Å². The molecule has 4 heteroatoms. The quantitative estimate of drug-likeness (QED) is 0.249. The summed E-state index contributed by atoms with van der Waals surface area (Å²) in [6.07, 6.45) is 10.2. The predicted molar refractivity (Wildman–Crippen MR) is 141 cm³/mol. The molecule has 34 heavy (non-hydrogen) atoms. The predicted octanol–water partition coefficient (Wildman–Crippen LogP) is 7.21. The van der Waals surface area contributed by atoms with Gasteiger partial charge in [0.15, 0.2) is 0 Å². The number of nitrogens with one attached hydrogen (secondary N) is 1. The fourth-order valence-electron chi connectivity index (χ4n) is 4.26. The van der Waals surface area contributed by atoms with E-state index in [1.54, 1.807) is 6.07 Å². The van der Waals surface area contributed by atoms with Crippen LogP contribution in [0.15, 0.2) is 54.6 Å². The summed E-state index contributed by atoms with van der Waals surface area (Å²) in [7, 11) is 0. The first-order valence-electron chi connectivity index (χ1n) is 12.9. The Morgan fingerprint density at radius 1 is 0.882 bits per heavy atom. The van der Waals surface area contributed by atoms with Crippen LogP contribution in [-0.2, 0) is 12.8 Å². The van der Waals surface area contributed by atoms with Crippen LogP contribution in [0.25, 0.3) is 10.8 Å². The fraction of sp³-hybridized carbons (Fsp3) is 0.433. The average molecular weight is 462 g/mol. The second-order valence-electron chi connectivity index (χ2n) is 9.00. The van der Waals surface area contributed by atoms with Crippen LogP contribution in [0, 0.1) is 0 Å². The summed E-state index contributed by atoms with van der Waals surface area (Å²) in [5.74, 6) is 0.733. The first-order valence-corrected chi connectivity index (χ1v) is 12.9. The van der Waals surface area contributed by atoms with Crippen molar-refractivity contribution in [3.8, 4) is 11.5 Å². The number of rotatable bonds is 14. The van der Waals surface area contributed by atoms with Crippen LogP contribution < -0.4 is 10.1 Å². The number of ether oxygens (including phenoxy) is 1. The lowest BCUT2D eigenvalue weighted by atomic mass is 10.00. The van der Waals surface area contributed by atoms with E-state index in [0.717, 1.165) is 24.0 Å². The molecule has 0 aliphatic heterocycles. The monoisotopic (exact) mass is 461 g/mol. The highest BCUT2D eigenvalue weighted by Crippen LogP contribution is 2.28. The Hall–Kier alpha value is -3.01. The SMILES string of the molecule is CCCCCc1ccc(OCCCNC(=O)c2ccc3ccccc3c2O)c(CCCCC)c1. The lowest BCUT2D eigenvalue weighted by Gasteiger charge is -2.14. The number of aryl methyl sites for hydroxylation is 2. The van der Waals surface area contributed by atoms with E-state index < -0.39 is 0 Å². The number of phenols is 1. The van der Waals surface area contributed by atoms with Gasteiger partial charge in [-0.1, -0.05) is 82.0 Å². The smallest absolute Gasteiger partial charge is 0.255 e. The van der Waals surface area contributed by atoms with Gasteiger partial charge in [-0.05, 0) is 60.7 Å². The summed E-state index contributed by atoms with van der Waals surface area (Å²) in [4.78, 5) is 12.6. The van der Waals surface area contributed by atoms with E-state index in [1.165, 1.54) is 49.7 Å². The summed E-state index contributed by atoms with van der Waals surface area (Å²) in [5.41, 5.74) is 3.00. The molecule has 0 aromatic heterocycles. The first-order chi connectivity index (χ1) is 16.6. The summed E-state index contributed by atoms with van der Waals surface area (Å²) >= 11 is 0. The molecule has 0 aliphatic rings. The van der Waals surface area contributed by atoms with E-state index >= 15 is 0 Å². The second-order valence-corrected chi connectivity index (χ2v) is 9.00. The second kappa shape index (κ2) is 13.6. The maximum atomic E-state index is 12.6. The van der Waals surface area contributed by atoms with Crippen molar-refractivity contribution in [2.75, 3.05) is 13.2 Å². The van der Waals surface area contributed by atoms with Crippen molar-refractivity contribution < 1.29 is 14.6 Å². The molecule has 1 amide bonds. The molecule has 182 valence electrons. The van der Waals surface area contributed by atoms with E-state index in [1.807, 2.05) is 30.3 Å². The minimum atomic E-state index is -0.264. The minimum absolute atomic E-state index is 0.0302.